The molecular weight excluding hydrogens is 735 g/mol. The number of allylic oxidation sites excluding steroid dienone is 10. The van der Waals surface area contributed by atoms with Crippen molar-refractivity contribution in [3.8, 4) is 0 Å². The molecule has 0 saturated heterocycles. The van der Waals surface area contributed by atoms with Crippen LogP contribution in [0.3, 0.4) is 0 Å². The molecule has 0 aliphatic rings. The van der Waals surface area contributed by atoms with Gasteiger partial charge in [-0.1, -0.05) is 164 Å². The van der Waals surface area contributed by atoms with E-state index < -0.39 is 57.9 Å². The molecule has 0 radical (unpaired) electrons. The number of aliphatic hydroxyl groups is 3. The summed E-state index contributed by atoms with van der Waals surface area (Å²) in [6.45, 7) is 2.04. The van der Waals surface area contributed by atoms with E-state index in [9.17, 15) is 29.3 Å². The van der Waals surface area contributed by atoms with Gasteiger partial charge in [-0.15, -0.1) is 0 Å². The van der Waals surface area contributed by atoms with Crippen LogP contribution < -0.4 is 0 Å². The summed E-state index contributed by atoms with van der Waals surface area (Å²) in [5.74, 6) is -1.11. The van der Waals surface area contributed by atoms with E-state index >= 15 is 0 Å². The number of unbranched alkanes of at least 4 members (excludes halogenated alkanes) is 12. The molecule has 2 unspecified atom stereocenters. The van der Waals surface area contributed by atoms with Crippen molar-refractivity contribution in [3.05, 3.63) is 72.9 Å². The van der Waals surface area contributed by atoms with Gasteiger partial charge >= 0.3 is 19.8 Å². The smallest absolute Gasteiger partial charge is 0.462 e. The van der Waals surface area contributed by atoms with Crippen LogP contribution in [0.15, 0.2) is 72.9 Å². The minimum Gasteiger partial charge on any atom is -0.462 e. The zero-order valence-electron chi connectivity index (χ0n) is 34.4. The highest BCUT2D eigenvalue weighted by Crippen LogP contribution is 2.43. The maximum absolute atomic E-state index is 12.6. The monoisotopic (exact) mass is 811 g/mol. The Balaban J connectivity index is 4.56. The van der Waals surface area contributed by atoms with Gasteiger partial charge in [0, 0.05) is 12.8 Å². The second kappa shape index (κ2) is 39.2. The first-order valence-corrected chi connectivity index (χ1v) is 22.5. The average Bonchev–Trinajstić information content (AvgIpc) is 3.18. The topological polar surface area (TPSA) is 169 Å². The minimum absolute atomic E-state index is 0.0240. The molecule has 0 saturated carbocycles. The molecule has 4 N–H and O–H groups in total. The summed E-state index contributed by atoms with van der Waals surface area (Å²) in [4.78, 5) is 34.9. The van der Waals surface area contributed by atoms with Gasteiger partial charge in [0.15, 0.2) is 6.10 Å². The predicted octanol–water partition coefficient (Wildman–Crippen LogP) is 9.86. The standard InChI is InChI=1S/C44H75O11P/c1-3-5-7-9-11-13-15-17-19-21-23-25-28-32-40(46)33-29-27-31-35-44(49)55-42(39-54-56(50,51)53-37-41(47)36-45)38-52-43(48)34-30-26-24-22-20-18-16-14-12-10-8-6-4-2/h5,7,11,13,17,19,23,25,27-29,32,40-42,45-47H,3-4,6,8-10,12,14-16,18,20-22,24,26,30-31,33-39H2,1-2H3,(H,50,51)/b7-5-,13-11-,19-17-,25-23-,29-27-,32-28-/t40?,41-,42+/m0/s1. The first kappa shape index (κ1) is 53.4. The van der Waals surface area contributed by atoms with Crippen molar-refractivity contribution in [2.45, 2.75) is 167 Å². The van der Waals surface area contributed by atoms with Crippen LogP contribution in [0, 0.1) is 0 Å². The summed E-state index contributed by atoms with van der Waals surface area (Å²) in [5.41, 5.74) is 0. The van der Waals surface area contributed by atoms with E-state index in [-0.39, 0.29) is 19.4 Å². The molecule has 0 aromatic rings. The molecule has 0 fully saturated rings. The number of phosphoric ester groups is 1. The number of ether oxygens (including phenoxy) is 2. The summed E-state index contributed by atoms with van der Waals surface area (Å²) in [6, 6.07) is 0. The first-order valence-electron chi connectivity index (χ1n) is 21.0. The van der Waals surface area contributed by atoms with Gasteiger partial charge in [0.05, 0.1) is 25.9 Å². The van der Waals surface area contributed by atoms with Gasteiger partial charge in [-0.25, -0.2) is 4.57 Å². The lowest BCUT2D eigenvalue weighted by Gasteiger charge is -2.20. The Bertz CT molecular complexity index is 1180. The SMILES string of the molecule is CC/C=C\C/C=C\C/C=C\C/C=C\C=C/C(O)C/C=C\CCC(=O)O[C@H](COC(=O)CCCCCCCCCCCCCCC)COP(=O)(O)OC[C@@H](O)CO. The lowest BCUT2D eigenvalue weighted by atomic mass is 10.0. The number of carbonyl (C=O) groups is 2. The molecule has 0 spiro atoms. The number of carbonyl (C=O) groups excluding carboxylic acids is 2. The second-order valence-electron chi connectivity index (χ2n) is 13.8. The van der Waals surface area contributed by atoms with Crippen LogP contribution in [0.1, 0.15) is 149 Å². The first-order chi connectivity index (χ1) is 27.1. The predicted molar refractivity (Wildman–Crippen MR) is 225 cm³/mol. The normalized spacial score (nSPS) is 15.2. The molecule has 0 heterocycles. The van der Waals surface area contributed by atoms with Crippen LogP contribution in [0.5, 0.6) is 0 Å². The molecule has 0 aliphatic carbocycles. The maximum atomic E-state index is 12.6. The van der Waals surface area contributed by atoms with Crippen molar-refractivity contribution in [2.75, 3.05) is 26.4 Å². The molecule has 0 amide bonds. The van der Waals surface area contributed by atoms with E-state index in [1.807, 2.05) is 12.2 Å². The fraction of sp³-hybridized carbons (Fsp3) is 0.682. The molecular formula is C44H75O11P. The average molecular weight is 811 g/mol. The summed E-state index contributed by atoms with van der Waals surface area (Å²) in [6.07, 6.45) is 40.4. The van der Waals surface area contributed by atoms with E-state index in [2.05, 4.69) is 54.8 Å². The lowest BCUT2D eigenvalue weighted by molar-refractivity contribution is -0.161. The maximum Gasteiger partial charge on any atom is 0.472 e. The van der Waals surface area contributed by atoms with E-state index in [0.717, 1.165) is 44.9 Å². The molecule has 0 aromatic heterocycles. The van der Waals surface area contributed by atoms with Crippen LogP contribution in [0.4, 0.5) is 0 Å². The molecule has 0 aromatic carbocycles. The number of hydrogen-bond acceptors (Lipinski definition) is 10. The Hall–Kier alpha value is -2.63. The number of phosphoric acid groups is 1. The third-order valence-electron chi connectivity index (χ3n) is 8.47. The van der Waals surface area contributed by atoms with Gasteiger partial charge in [0.1, 0.15) is 12.7 Å². The number of aliphatic hydroxyl groups excluding tert-OH is 3. The van der Waals surface area contributed by atoms with Gasteiger partial charge in [0.25, 0.3) is 0 Å². The van der Waals surface area contributed by atoms with Crippen molar-refractivity contribution < 1.29 is 52.9 Å². The molecule has 4 atom stereocenters. The Labute approximate surface area is 338 Å². The van der Waals surface area contributed by atoms with Gasteiger partial charge in [-0.2, -0.15) is 0 Å². The third-order valence-corrected chi connectivity index (χ3v) is 9.42. The summed E-state index contributed by atoms with van der Waals surface area (Å²) in [5, 5.41) is 28.5. The Morgan fingerprint density at radius 2 is 1.18 bits per heavy atom. The Morgan fingerprint density at radius 3 is 1.77 bits per heavy atom. The van der Waals surface area contributed by atoms with E-state index in [0.29, 0.717) is 19.3 Å². The van der Waals surface area contributed by atoms with Crippen LogP contribution in [0.2, 0.25) is 0 Å². The van der Waals surface area contributed by atoms with Crippen LogP contribution >= 0.6 is 7.82 Å². The van der Waals surface area contributed by atoms with Crippen molar-refractivity contribution in [1.29, 1.82) is 0 Å². The van der Waals surface area contributed by atoms with Crippen molar-refractivity contribution in [3.63, 3.8) is 0 Å². The van der Waals surface area contributed by atoms with E-state index in [4.69, 9.17) is 19.1 Å². The molecule has 56 heavy (non-hydrogen) atoms. The Morgan fingerprint density at radius 1 is 0.625 bits per heavy atom. The van der Waals surface area contributed by atoms with Crippen molar-refractivity contribution in [2.24, 2.45) is 0 Å². The third kappa shape index (κ3) is 38.3. The quantitative estimate of drug-likeness (QED) is 0.0154. The second-order valence-corrected chi connectivity index (χ2v) is 15.3. The van der Waals surface area contributed by atoms with Gasteiger partial charge < -0.3 is 29.7 Å². The van der Waals surface area contributed by atoms with Crippen LogP contribution in [-0.4, -0.2) is 76.9 Å². The summed E-state index contributed by atoms with van der Waals surface area (Å²) in [7, 11) is -4.67. The Kier molecular flexibility index (Phi) is 37.4. The largest absolute Gasteiger partial charge is 0.472 e. The fourth-order valence-corrected chi connectivity index (χ4v) is 6.01. The van der Waals surface area contributed by atoms with Gasteiger partial charge in [-0.05, 0) is 44.9 Å². The van der Waals surface area contributed by atoms with Crippen molar-refractivity contribution >= 4 is 19.8 Å². The van der Waals surface area contributed by atoms with Crippen LogP contribution in [0.25, 0.3) is 0 Å². The molecule has 11 nitrogen and oxygen atoms in total. The van der Waals surface area contributed by atoms with Crippen molar-refractivity contribution in [1.82, 2.24) is 0 Å². The molecule has 12 heteroatoms. The lowest BCUT2D eigenvalue weighted by Crippen LogP contribution is -2.29. The van der Waals surface area contributed by atoms with Gasteiger partial charge in [0.2, 0.25) is 0 Å². The molecule has 0 aliphatic heterocycles. The highest BCUT2D eigenvalue weighted by molar-refractivity contribution is 7.47. The van der Waals surface area contributed by atoms with E-state index in [1.54, 1.807) is 24.3 Å². The minimum atomic E-state index is -4.67. The number of esters is 2. The molecule has 0 bridgehead atoms. The zero-order valence-corrected chi connectivity index (χ0v) is 35.3. The number of hydrogen-bond donors (Lipinski definition) is 4. The highest BCUT2D eigenvalue weighted by atomic mass is 31.2. The fourth-order valence-electron chi connectivity index (χ4n) is 5.22. The molecule has 322 valence electrons. The highest BCUT2D eigenvalue weighted by Gasteiger charge is 2.27. The summed E-state index contributed by atoms with van der Waals surface area (Å²) >= 11 is 0. The molecule has 0 rings (SSSR count). The van der Waals surface area contributed by atoms with E-state index in [1.165, 1.54) is 57.8 Å². The zero-order chi connectivity index (χ0) is 41.4. The van der Waals surface area contributed by atoms with Gasteiger partial charge in [-0.3, -0.25) is 18.6 Å². The van der Waals surface area contributed by atoms with Crippen LogP contribution in [-0.2, 0) is 32.7 Å². The summed E-state index contributed by atoms with van der Waals surface area (Å²) < 4.78 is 32.5. The number of rotatable bonds is 38.